The number of anilines is 2. The van der Waals surface area contributed by atoms with E-state index in [0.717, 1.165) is 26.1 Å². The lowest BCUT2D eigenvalue weighted by Crippen LogP contribution is -2.49. The first-order valence-electron chi connectivity index (χ1n) is 19.0. The van der Waals surface area contributed by atoms with Crippen molar-refractivity contribution in [3.8, 4) is 22.1 Å². The van der Waals surface area contributed by atoms with Crippen molar-refractivity contribution in [1.29, 1.82) is 0 Å². The van der Waals surface area contributed by atoms with Crippen molar-refractivity contribution in [2.24, 2.45) is 36.1 Å². The summed E-state index contributed by atoms with van der Waals surface area (Å²) < 4.78 is 8.39. The maximum absolute atomic E-state index is 15.2. The second kappa shape index (κ2) is 13.2. The molecule has 2 aliphatic heterocycles. The van der Waals surface area contributed by atoms with Crippen LogP contribution >= 0.6 is 22.9 Å². The van der Waals surface area contributed by atoms with Crippen molar-refractivity contribution in [2.75, 3.05) is 16.4 Å². The van der Waals surface area contributed by atoms with Gasteiger partial charge in [-0.15, -0.1) is 11.3 Å². The van der Waals surface area contributed by atoms with Gasteiger partial charge in [0, 0.05) is 34.3 Å². The number of benzene rings is 3. The summed E-state index contributed by atoms with van der Waals surface area (Å²) in [5.74, 6) is -4.67. The van der Waals surface area contributed by atoms with Gasteiger partial charge >= 0.3 is 0 Å². The van der Waals surface area contributed by atoms with Gasteiger partial charge in [0.1, 0.15) is 11.5 Å². The van der Waals surface area contributed by atoms with Crippen LogP contribution in [0.15, 0.2) is 78.4 Å². The van der Waals surface area contributed by atoms with E-state index < -0.39 is 46.8 Å². The predicted molar refractivity (Wildman–Crippen MR) is 217 cm³/mol. The summed E-state index contributed by atoms with van der Waals surface area (Å²) in [6, 6.07) is 18.9. The van der Waals surface area contributed by atoms with Crippen LogP contribution in [0.2, 0.25) is 5.02 Å². The average molecular weight is 803 g/mol. The largest absolute Gasteiger partial charge is 0.504 e. The lowest BCUT2D eigenvalue weighted by atomic mass is 9.51. The number of aromatic nitrogens is 2. The monoisotopic (exact) mass is 802 g/mol. The minimum absolute atomic E-state index is 0.0629. The van der Waals surface area contributed by atoms with Gasteiger partial charge < -0.3 is 9.84 Å². The first-order valence-corrected chi connectivity index (χ1v) is 20.2. The summed E-state index contributed by atoms with van der Waals surface area (Å²) in [5.41, 5.74) is 2.61. The smallest absolute Gasteiger partial charge is 0.242 e. The molecular weight excluding hydrogens is 764 g/mol. The number of carbonyl (C=O) groups excluding carboxylic acids is 5. The fourth-order valence-corrected chi connectivity index (χ4v) is 11.2. The number of aromatic hydroxyl groups is 1. The second-order valence-corrected chi connectivity index (χ2v) is 17.1. The van der Waals surface area contributed by atoms with E-state index in [0.29, 0.717) is 33.3 Å². The molecular formula is C44H39ClN4O7S. The van der Waals surface area contributed by atoms with Gasteiger partial charge in [0.25, 0.3) is 0 Å². The van der Waals surface area contributed by atoms with E-state index in [1.807, 2.05) is 38.1 Å². The minimum Gasteiger partial charge on any atom is -0.504 e. The fourth-order valence-electron chi connectivity index (χ4n) is 9.91. The topological polar surface area (TPSA) is 139 Å². The van der Waals surface area contributed by atoms with Crippen LogP contribution in [0.5, 0.6) is 11.5 Å². The Bertz CT molecular complexity index is 2630. The van der Waals surface area contributed by atoms with E-state index >= 15 is 4.79 Å². The number of phenols is 1. The molecule has 11 nitrogen and oxygen atoms in total. The van der Waals surface area contributed by atoms with E-state index in [9.17, 15) is 24.3 Å². The molecule has 2 saturated heterocycles. The molecule has 2 aromatic heterocycles. The first-order chi connectivity index (χ1) is 27.2. The number of rotatable bonds is 7. The zero-order valence-corrected chi connectivity index (χ0v) is 33.5. The highest BCUT2D eigenvalue weighted by atomic mass is 35.5. The highest BCUT2D eigenvalue weighted by Gasteiger charge is 2.68. The zero-order chi connectivity index (χ0) is 40.2. The van der Waals surface area contributed by atoms with Crippen molar-refractivity contribution >= 4 is 73.9 Å². The van der Waals surface area contributed by atoms with Crippen LogP contribution in [-0.2, 0) is 26.2 Å². The van der Waals surface area contributed by atoms with Crippen LogP contribution in [0.4, 0.5) is 11.5 Å². The molecule has 1 saturated carbocycles. The number of Topliss-reactive ketones (excluding diaryl/α,β-unsaturated/α-hetero) is 1. The normalized spacial score (nSPS) is 25.5. The molecule has 2 aliphatic carbocycles. The van der Waals surface area contributed by atoms with Gasteiger partial charge in [-0.3, -0.25) is 33.6 Å². The number of hydrogen-bond acceptors (Lipinski definition) is 9. The molecule has 5 aromatic rings. The standard InChI is InChI=1S/C44H39ClN4O7S/c1-6-56-34-17-24(9-15-33(34)51)38-27-13-14-28-37(42(54)48(40(28)52)26-11-7-23(8-12-26)22(3)50)30(27)19-31-41(53)49(43(55)44(31,38)4)36-20-32(46-47(36)5)39-21(2)29-18-25(45)10-16-35(29)57-39/h7-13,15-18,20,28,30-31,37-38,51H,6,14,19H2,1-5H3/t28-,30+,31-,37-,38-,44+/m0/s1. The maximum atomic E-state index is 15.2. The predicted octanol–water partition coefficient (Wildman–Crippen LogP) is 8.01. The summed E-state index contributed by atoms with van der Waals surface area (Å²) >= 11 is 7.88. The van der Waals surface area contributed by atoms with Crippen LogP contribution < -0.4 is 14.5 Å². The van der Waals surface area contributed by atoms with E-state index in [1.54, 1.807) is 72.5 Å². The number of carbonyl (C=O) groups is 5. The third-order valence-corrected chi connectivity index (χ3v) is 14.2. The Morgan fingerprint density at radius 3 is 2.46 bits per heavy atom. The van der Waals surface area contributed by atoms with Crippen molar-refractivity contribution in [1.82, 2.24) is 9.78 Å². The number of phenolic OH excluding ortho intramolecular Hbond substituents is 1. The Balaban J connectivity index is 1.15. The number of imide groups is 2. The molecule has 0 bridgehead atoms. The Morgan fingerprint density at radius 2 is 1.74 bits per heavy atom. The number of ketones is 1. The minimum atomic E-state index is -1.31. The van der Waals surface area contributed by atoms with Crippen molar-refractivity contribution in [2.45, 2.75) is 46.5 Å². The number of allylic oxidation sites excluding steroid dienone is 2. The highest BCUT2D eigenvalue weighted by molar-refractivity contribution is 7.22. The Labute approximate surface area is 337 Å². The number of amides is 4. The summed E-state index contributed by atoms with van der Waals surface area (Å²) in [4.78, 5) is 74.1. The SMILES string of the molecule is CCOc1cc([C@H]2C3=CC[C@@H]4C(=O)N(c5ccc(C(C)=O)cc5)C(=O)[C@@H]4[C@@H]3C[C@H]3C(=O)N(c4cc(-c5sc6ccc(Cl)cc6c5C)nn4C)C(=O)[C@@]23C)ccc1O. The van der Waals surface area contributed by atoms with Crippen LogP contribution in [0, 0.1) is 36.0 Å². The van der Waals surface area contributed by atoms with Crippen LogP contribution in [0.3, 0.4) is 0 Å². The zero-order valence-electron chi connectivity index (χ0n) is 31.9. The van der Waals surface area contributed by atoms with E-state index in [2.05, 4.69) is 0 Å². The van der Waals surface area contributed by atoms with E-state index in [-0.39, 0.29) is 48.5 Å². The third-order valence-electron chi connectivity index (χ3n) is 12.6. The van der Waals surface area contributed by atoms with Gasteiger partial charge in [-0.05, 0) is 118 Å². The number of ether oxygens (including phenoxy) is 1. The summed E-state index contributed by atoms with van der Waals surface area (Å²) in [6.07, 6.45) is 2.43. The number of nitrogens with zero attached hydrogens (tertiary/aromatic N) is 4. The molecule has 0 spiro atoms. The van der Waals surface area contributed by atoms with Crippen molar-refractivity contribution in [3.63, 3.8) is 0 Å². The molecule has 4 aliphatic rings. The van der Waals surface area contributed by atoms with Gasteiger partial charge in [-0.1, -0.05) is 29.3 Å². The van der Waals surface area contributed by atoms with Crippen LogP contribution in [-0.4, -0.2) is 50.9 Å². The fraction of sp³-hybridized carbons (Fsp3) is 0.318. The van der Waals surface area contributed by atoms with Gasteiger partial charge in [0.05, 0.1) is 40.3 Å². The molecule has 13 heteroatoms. The number of aryl methyl sites for hydroxylation is 2. The average Bonchev–Trinajstić information content (AvgIpc) is 3.86. The molecule has 4 amide bonds. The number of halogens is 1. The Morgan fingerprint density at radius 1 is 0.982 bits per heavy atom. The molecule has 9 rings (SSSR count). The molecule has 3 fully saturated rings. The molecule has 57 heavy (non-hydrogen) atoms. The maximum Gasteiger partial charge on any atom is 0.242 e. The van der Waals surface area contributed by atoms with Gasteiger partial charge in [0.15, 0.2) is 17.3 Å². The summed E-state index contributed by atoms with van der Waals surface area (Å²) in [7, 11) is 1.71. The first kappa shape index (κ1) is 37.0. The number of hydrogen-bond donors (Lipinski definition) is 1. The highest BCUT2D eigenvalue weighted by Crippen LogP contribution is 2.64. The molecule has 3 aromatic carbocycles. The molecule has 290 valence electrons. The quantitative estimate of drug-likeness (QED) is 0.0993. The van der Waals surface area contributed by atoms with E-state index in [1.165, 1.54) is 22.8 Å². The molecule has 0 radical (unpaired) electrons. The second-order valence-electron chi connectivity index (χ2n) is 15.6. The van der Waals surface area contributed by atoms with Crippen molar-refractivity contribution in [3.05, 3.63) is 100 Å². The summed E-state index contributed by atoms with van der Waals surface area (Å²) in [6.45, 7) is 7.37. The van der Waals surface area contributed by atoms with Crippen LogP contribution in [0.1, 0.15) is 61.0 Å². The summed E-state index contributed by atoms with van der Waals surface area (Å²) in [5, 5.41) is 17.2. The molecule has 0 unspecified atom stereocenters. The Hall–Kier alpha value is -5.59. The van der Waals surface area contributed by atoms with Gasteiger partial charge in [-0.2, -0.15) is 5.10 Å². The van der Waals surface area contributed by atoms with Gasteiger partial charge in [-0.25, -0.2) is 4.90 Å². The Kier molecular flexibility index (Phi) is 8.60. The van der Waals surface area contributed by atoms with E-state index in [4.69, 9.17) is 21.4 Å². The van der Waals surface area contributed by atoms with Crippen molar-refractivity contribution < 1.29 is 33.8 Å². The van der Waals surface area contributed by atoms with Crippen LogP contribution in [0.25, 0.3) is 20.7 Å². The molecule has 1 N–H and O–H groups in total. The number of fused-ring (bicyclic) bond motifs is 5. The number of thiophene rings is 1. The molecule has 4 heterocycles. The lowest BCUT2D eigenvalue weighted by Gasteiger charge is -2.49. The van der Waals surface area contributed by atoms with Gasteiger partial charge in [0.2, 0.25) is 23.6 Å². The third kappa shape index (κ3) is 5.36. The molecule has 6 atom stereocenters. The lowest BCUT2D eigenvalue weighted by molar-refractivity contribution is -0.131.